The zero-order valence-corrected chi connectivity index (χ0v) is 19.2. The van der Waals surface area contributed by atoms with E-state index in [1.807, 2.05) is 26.0 Å². The van der Waals surface area contributed by atoms with Gasteiger partial charge in [-0.05, 0) is 62.1 Å². The van der Waals surface area contributed by atoms with Crippen molar-refractivity contribution in [3.05, 3.63) is 53.1 Å². The quantitative estimate of drug-likeness (QED) is 0.604. The lowest BCUT2D eigenvalue weighted by Crippen LogP contribution is -2.31. The summed E-state index contributed by atoms with van der Waals surface area (Å²) in [5.41, 5.74) is 10.5. The lowest BCUT2D eigenvalue weighted by atomic mass is 10.00. The Bertz CT molecular complexity index is 1110. The predicted molar refractivity (Wildman–Crippen MR) is 126 cm³/mol. The van der Waals surface area contributed by atoms with Crippen LogP contribution in [-0.2, 0) is 12.8 Å². The van der Waals surface area contributed by atoms with Crippen LogP contribution in [0.1, 0.15) is 30.5 Å². The lowest BCUT2D eigenvalue weighted by Gasteiger charge is -2.17. The highest BCUT2D eigenvalue weighted by atomic mass is 35.5. The first-order valence-corrected chi connectivity index (χ1v) is 10.7. The summed E-state index contributed by atoms with van der Waals surface area (Å²) in [6, 6.07) is 13.9. The minimum absolute atomic E-state index is 0. The predicted octanol–water partition coefficient (Wildman–Crippen LogP) is 3.84. The van der Waals surface area contributed by atoms with Crippen molar-refractivity contribution in [2.24, 2.45) is 5.73 Å². The summed E-state index contributed by atoms with van der Waals surface area (Å²) in [5, 5.41) is 13.6. The van der Waals surface area contributed by atoms with Crippen LogP contribution in [0.5, 0.6) is 5.75 Å². The second kappa shape index (κ2) is 10.6. The largest absolute Gasteiger partial charge is 0.490 e. The van der Waals surface area contributed by atoms with Crippen LogP contribution in [0, 0.1) is 11.3 Å². The molecule has 0 spiro atoms. The van der Waals surface area contributed by atoms with Crippen LogP contribution in [-0.4, -0.2) is 47.3 Å². The van der Waals surface area contributed by atoms with Gasteiger partial charge in [-0.15, -0.1) is 12.4 Å². The molecule has 0 radical (unpaired) electrons. The molecule has 32 heavy (non-hydrogen) atoms. The fourth-order valence-corrected chi connectivity index (χ4v) is 3.88. The maximum Gasteiger partial charge on any atom is 0.258 e. The fraction of sp³-hybridized carbons (Fsp3) is 0.375. The SMILES string of the molecule is CC(C)Oc1ccc(-c2nc(-c3ccc4c(c3)CCN(CCN)CC4)no2)cc1C#N.Cl. The molecule has 0 saturated heterocycles. The van der Waals surface area contributed by atoms with Gasteiger partial charge in [0.05, 0.1) is 11.7 Å². The topological polar surface area (TPSA) is 101 Å². The monoisotopic (exact) mass is 453 g/mol. The Morgan fingerprint density at radius 3 is 2.59 bits per heavy atom. The molecule has 1 aliphatic rings. The Labute approximate surface area is 194 Å². The molecule has 4 rings (SSSR count). The summed E-state index contributed by atoms with van der Waals surface area (Å²) in [4.78, 5) is 6.99. The first-order valence-electron chi connectivity index (χ1n) is 10.7. The lowest BCUT2D eigenvalue weighted by molar-refractivity contribution is 0.241. The van der Waals surface area contributed by atoms with Crippen LogP contribution >= 0.6 is 12.4 Å². The standard InChI is InChI=1S/C24H27N5O2.ClH/c1-16(2)30-22-6-5-20(14-21(22)15-26)24-27-23(28-31-24)19-4-3-17-7-10-29(12-9-25)11-8-18(17)13-19;/h3-6,13-14,16H,7-12,25H2,1-2H3;1H. The minimum atomic E-state index is -0.0106. The van der Waals surface area contributed by atoms with E-state index in [1.54, 1.807) is 12.1 Å². The van der Waals surface area contributed by atoms with Crippen molar-refractivity contribution >= 4 is 12.4 Å². The van der Waals surface area contributed by atoms with Gasteiger partial charge >= 0.3 is 0 Å². The number of fused-ring (bicyclic) bond motifs is 1. The molecule has 2 aromatic carbocycles. The van der Waals surface area contributed by atoms with Crippen molar-refractivity contribution in [3.63, 3.8) is 0 Å². The van der Waals surface area contributed by atoms with E-state index < -0.39 is 0 Å². The van der Waals surface area contributed by atoms with E-state index in [9.17, 15) is 5.26 Å². The van der Waals surface area contributed by atoms with Crippen LogP contribution < -0.4 is 10.5 Å². The number of ether oxygens (including phenoxy) is 1. The molecule has 0 unspecified atom stereocenters. The number of benzene rings is 2. The molecule has 0 bridgehead atoms. The Morgan fingerprint density at radius 1 is 1.12 bits per heavy atom. The van der Waals surface area contributed by atoms with Crippen molar-refractivity contribution in [1.29, 1.82) is 5.26 Å². The van der Waals surface area contributed by atoms with Crippen molar-refractivity contribution in [2.45, 2.75) is 32.8 Å². The van der Waals surface area contributed by atoms with Crippen molar-refractivity contribution < 1.29 is 9.26 Å². The van der Waals surface area contributed by atoms with E-state index in [2.05, 4.69) is 33.2 Å². The first-order chi connectivity index (χ1) is 15.1. The van der Waals surface area contributed by atoms with Gasteiger partial charge in [-0.2, -0.15) is 10.2 Å². The first kappa shape index (κ1) is 23.7. The Hall–Kier alpha value is -2.92. The number of nitriles is 1. The Morgan fingerprint density at radius 2 is 1.88 bits per heavy atom. The third-order valence-electron chi connectivity index (χ3n) is 5.44. The second-order valence-corrected chi connectivity index (χ2v) is 8.03. The Balaban J connectivity index is 0.00000289. The molecule has 8 heteroatoms. The zero-order chi connectivity index (χ0) is 21.8. The summed E-state index contributed by atoms with van der Waals surface area (Å²) in [6.07, 6.45) is 1.99. The summed E-state index contributed by atoms with van der Waals surface area (Å²) >= 11 is 0. The molecule has 2 heterocycles. The number of nitrogens with zero attached hydrogens (tertiary/aromatic N) is 4. The van der Waals surface area contributed by atoms with Gasteiger partial charge in [-0.3, -0.25) is 0 Å². The van der Waals surface area contributed by atoms with Crippen molar-refractivity contribution in [1.82, 2.24) is 15.0 Å². The highest BCUT2D eigenvalue weighted by molar-refractivity contribution is 5.85. The molecular weight excluding hydrogens is 426 g/mol. The van der Waals surface area contributed by atoms with E-state index in [-0.39, 0.29) is 18.5 Å². The highest BCUT2D eigenvalue weighted by Crippen LogP contribution is 2.29. The molecule has 0 atom stereocenters. The minimum Gasteiger partial charge on any atom is -0.490 e. The third-order valence-corrected chi connectivity index (χ3v) is 5.44. The second-order valence-electron chi connectivity index (χ2n) is 8.03. The van der Waals surface area contributed by atoms with Crippen LogP contribution in [0.15, 0.2) is 40.9 Å². The summed E-state index contributed by atoms with van der Waals surface area (Å²) in [7, 11) is 0. The van der Waals surface area contributed by atoms with Gasteiger partial charge in [-0.25, -0.2) is 0 Å². The van der Waals surface area contributed by atoms with E-state index >= 15 is 0 Å². The number of rotatable bonds is 6. The number of aromatic nitrogens is 2. The van der Waals surface area contributed by atoms with Crippen molar-refractivity contribution in [2.75, 3.05) is 26.2 Å². The average molecular weight is 454 g/mol. The molecule has 1 aliphatic heterocycles. The molecule has 168 valence electrons. The molecule has 0 amide bonds. The summed E-state index contributed by atoms with van der Waals surface area (Å²) < 4.78 is 11.2. The van der Waals surface area contributed by atoms with Gasteiger partial charge in [-0.1, -0.05) is 17.3 Å². The molecule has 3 aromatic rings. The molecule has 7 nitrogen and oxygen atoms in total. The molecular formula is C24H28ClN5O2. The van der Waals surface area contributed by atoms with E-state index in [0.29, 0.717) is 35.1 Å². The van der Waals surface area contributed by atoms with Gasteiger partial charge in [0, 0.05) is 37.3 Å². The van der Waals surface area contributed by atoms with Crippen LogP contribution in [0.3, 0.4) is 0 Å². The van der Waals surface area contributed by atoms with Gasteiger partial charge < -0.3 is 19.9 Å². The zero-order valence-electron chi connectivity index (χ0n) is 18.4. The summed E-state index contributed by atoms with van der Waals surface area (Å²) in [5.74, 6) is 1.48. The summed E-state index contributed by atoms with van der Waals surface area (Å²) in [6.45, 7) is 7.51. The van der Waals surface area contributed by atoms with Crippen LogP contribution in [0.4, 0.5) is 0 Å². The molecule has 1 aromatic heterocycles. The van der Waals surface area contributed by atoms with Crippen molar-refractivity contribution in [3.8, 4) is 34.7 Å². The number of hydrogen-bond acceptors (Lipinski definition) is 7. The van der Waals surface area contributed by atoms with Crippen LogP contribution in [0.2, 0.25) is 0 Å². The molecule has 0 saturated carbocycles. The van der Waals surface area contributed by atoms with Crippen LogP contribution in [0.25, 0.3) is 22.8 Å². The maximum atomic E-state index is 9.47. The van der Waals surface area contributed by atoms with Gasteiger partial charge in [0.15, 0.2) is 0 Å². The molecule has 2 N–H and O–H groups in total. The number of hydrogen-bond donors (Lipinski definition) is 1. The molecule has 0 aliphatic carbocycles. The van der Waals surface area contributed by atoms with Gasteiger partial charge in [0.25, 0.3) is 5.89 Å². The Kier molecular flexibility index (Phi) is 7.86. The average Bonchev–Trinajstić information content (AvgIpc) is 3.17. The van der Waals surface area contributed by atoms with Gasteiger partial charge in [0.1, 0.15) is 11.8 Å². The van der Waals surface area contributed by atoms with Gasteiger partial charge in [0.2, 0.25) is 5.82 Å². The number of nitrogens with two attached hydrogens (primary N) is 1. The van der Waals surface area contributed by atoms with E-state index in [1.165, 1.54) is 11.1 Å². The maximum absolute atomic E-state index is 9.47. The smallest absolute Gasteiger partial charge is 0.258 e. The van der Waals surface area contributed by atoms with E-state index in [4.69, 9.17) is 15.0 Å². The fourth-order valence-electron chi connectivity index (χ4n) is 3.88. The normalized spacial score (nSPS) is 13.7. The number of halogens is 1. The highest BCUT2D eigenvalue weighted by Gasteiger charge is 2.17. The third kappa shape index (κ3) is 5.28. The molecule has 0 fully saturated rings. The van der Waals surface area contributed by atoms with E-state index in [0.717, 1.165) is 38.0 Å².